The Labute approximate surface area is 71.1 Å². The van der Waals surface area contributed by atoms with Gasteiger partial charge in [0.25, 0.3) is 0 Å². The minimum atomic E-state index is -0.172. The molecule has 0 amide bonds. The van der Waals surface area contributed by atoms with E-state index in [2.05, 4.69) is 0 Å². The maximum absolute atomic E-state index is 10.0. The number of methoxy groups -OCH3 is 1. The third-order valence-electron chi connectivity index (χ3n) is 1.67. The van der Waals surface area contributed by atoms with Crippen molar-refractivity contribution in [3.8, 4) is 0 Å². The summed E-state index contributed by atoms with van der Waals surface area (Å²) in [5, 5.41) is 0. The van der Waals surface area contributed by atoms with Gasteiger partial charge in [0, 0.05) is 7.11 Å². The molecule has 2 unspecified atom stereocenters. The average Bonchev–Trinajstić information content (AvgIpc) is 2.15. The predicted molar refractivity (Wildman–Crippen MR) is 41.7 cm³/mol. The number of allylic oxidation sites excluding steroid dienone is 1. The van der Waals surface area contributed by atoms with Crippen molar-refractivity contribution < 1.29 is 19.0 Å². The minimum absolute atomic E-state index is 0.116. The van der Waals surface area contributed by atoms with E-state index in [0.717, 1.165) is 0 Å². The van der Waals surface area contributed by atoms with Crippen LogP contribution in [0.5, 0.6) is 0 Å². The highest BCUT2D eigenvalue weighted by atomic mass is 16.7. The summed E-state index contributed by atoms with van der Waals surface area (Å²) in [6.45, 7) is 0.762. The third-order valence-corrected chi connectivity index (χ3v) is 1.67. The highest BCUT2D eigenvalue weighted by molar-refractivity contribution is 5.64. The fourth-order valence-electron chi connectivity index (χ4n) is 1.03. The zero-order valence-corrected chi connectivity index (χ0v) is 6.93. The molecular weight excluding hydrogens is 160 g/mol. The summed E-state index contributed by atoms with van der Waals surface area (Å²) in [6, 6.07) is 0. The number of aldehydes is 1. The standard InChI is InChI=1S/C8H12O4/c1-10-8-5-11-6-12-7(8)3-2-4-9/h2-4,7-8H,5-6H2,1H3/b3-2+. The molecule has 1 aliphatic rings. The molecule has 12 heavy (non-hydrogen) atoms. The van der Waals surface area contributed by atoms with Gasteiger partial charge in [-0.05, 0) is 12.2 Å². The Balaban J connectivity index is 2.46. The first-order chi connectivity index (χ1) is 5.88. The maximum atomic E-state index is 10.0. The third kappa shape index (κ3) is 2.41. The molecule has 0 radical (unpaired) electrons. The van der Waals surface area contributed by atoms with Crippen LogP contribution in [0.25, 0.3) is 0 Å². The van der Waals surface area contributed by atoms with Gasteiger partial charge in [-0.15, -0.1) is 0 Å². The fourth-order valence-corrected chi connectivity index (χ4v) is 1.03. The van der Waals surface area contributed by atoms with Crippen molar-refractivity contribution in [2.24, 2.45) is 0 Å². The Kier molecular flexibility index (Phi) is 3.93. The highest BCUT2D eigenvalue weighted by Gasteiger charge is 2.23. The number of hydrogen-bond donors (Lipinski definition) is 0. The van der Waals surface area contributed by atoms with E-state index < -0.39 is 0 Å². The summed E-state index contributed by atoms with van der Waals surface area (Å²) in [7, 11) is 1.59. The van der Waals surface area contributed by atoms with Crippen LogP contribution in [0, 0.1) is 0 Å². The molecule has 0 aromatic rings. The molecule has 1 heterocycles. The van der Waals surface area contributed by atoms with Gasteiger partial charge < -0.3 is 14.2 Å². The van der Waals surface area contributed by atoms with E-state index in [1.54, 1.807) is 13.2 Å². The zero-order chi connectivity index (χ0) is 8.81. The number of ether oxygens (including phenoxy) is 3. The molecule has 4 heteroatoms. The van der Waals surface area contributed by atoms with Crippen molar-refractivity contribution in [2.75, 3.05) is 20.5 Å². The van der Waals surface area contributed by atoms with Crippen molar-refractivity contribution in [1.29, 1.82) is 0 Å². The van der Waals surface area contributed by atoms with Gasteiger partial charge in [-0.2, -0.15) is 0 Å². The van der Waals surface area contributed by atoms with Crippen LogP contribution >= 0.6 is 0 Å². The second kappa shape index (κ2) is 5.03. The quantitative estimate of drug-likeness (QED) is 0.448. The summed E-state index contributed by atoms with van der Waals surface area (Å²) in [6.07, 6.45) is 3.50. The second-order valence-electron chi connectivity index (χ2n) is 2.42. The van der Waals surface area contributed by atoms with Crippen LogP contribution in [0.1, 0.15) is 0 Å². The lowest BCUT2D eigenvalue weighted by molar-refractivity contribution is -0.186. The van der Waals surface area contributed by atoms with Crippen molar-refractivity contribution in [3.63, 3.8) is 0 Å². The van der Waals surface area contributed by atoms with E-state index in [-0.39, 0.29) is 19.0 Å². The molecule has 1 saturated heterocycles. The Morgan fingerprint density at radius 2 is 2.42 bits per heavy atom. The Morgan fingerprint density at radius 1 is 1.58 bits per heavy atom. The van der Waals surface area contributed by atoms with E-state index in [1.165, 1.54) is 6.08 Å². The van der Waals surface area contributed by atoms with Gasteiger partial charge in [-0.25, -0.2) is 0 Å². The lowest BCUT2D eigenvalue weighted by Gasteiger charge is -2.28. The summed E-state index contributed by atoms with van der Waals surface area (Å²) in [5.41, 5.74) is 0. The molecule has 0 bridgehead atoms. The first-order valence-corrected chi connectivity index (χ1v) is 3.72. The van der Waals surface area contributed by atoms with E-state index in [4.69, 9.17) is 14.2 Å². The molecule has 0 aromatic carbocycles. The topological polar surface area (TPSA) is 44.8 Å². The molecule has 1 aliphatic heterocycles. The van der Waals surface area contributed by atoms with Crippen LogP contribution in [-0.4, -0.2) is 39.0 Å². The predicted octanol–water partition coefficient (Wildman–Crippen LogP) is 0.129. The lowest BCUT2D eigenvalue weighted by Crippen LogP contribution is -2.38. The van der Waals surface area contributed by atoms with Crippen LogP contribution in [0.15, 0.2) is 12.2 Å². The monoisotopic (exact) mass is 172 g/mol. The molecule has 68 valence electrons. The first-order valence-electron chi connectivity index (χ1n) is 3.72. The second-order valence-corrected chi connectivity index (χ2v) is 2.42. The molecule has 2 atom stereocenters. The van der Waals surface area contributed by atoms with Crippen LogP contribution < -0.4 is 0 Å². The summed E-state index contributed by atoms with van der Waals surface area (Å²) < 4.78 is 15.3. The number of carbonyl (C=O) groups excluding carboxylic acids is 1. The van der Waals surface area contributed by atoms with Gasteiger partial charge in [-0.1, -0.05) is 0 Å². The van der Waals surface area contributed by atoms with Gasteiger partial charge in [0.15, 0.2) is 0 Å². The van der Waals surface area contributed by atoms with Crippen molar-refractivity contribution >= 4 is 6.29 Å². The maximum Gasteiger partial charge on any atom is 0.147 e. The molecule has 4 nitrogen and oxygen atoms in total. The molecule has 0 N–H and O–H groups in total. The van der Waals surface area contributed by atoms with Crippen LogP contribution in [0.2, 0.25) is 0 Å². The van der Waals surface area contributed by atoms with E-state index in [0.29, 0.717) is 12.9 Å². The van der Waals surface area contributed by atoms with Crippen molar-refractivity contribution in [1.82, 2.24) is 0 Å². The summed E-state index contributed by atoms with van der Waals surface area (Å²) in [5.74, 6) is 0. The SMILES string of the molecule is COC1COCOC1/C=C/C=O. The smallest absolute Gasteiger partial charge is 0.147 e. The van der Waals surface area contributed by atoms with Gasteiger partial charge in [0.05, 0.1) is 6.61 Å². The zero-order valence-electron chi connectivity index (χ0n) is 6.93. The summed E-state index contributed by atoms with van der Waals surface area (Å²) >= 11 is 0. The molecular formula is C8H12O4. The van der Waals surface area contributed by atoms with Crippen LogP contribution in [-0.2, 0) is 19.0 Å². The molecule has 1 fully saturated rings. The Hall–Kier alpha value is -0.710. The molecule has 0 aromatic heterocycles. The number of hydrogen-bond acceptors (Lipinski definition) is 4. The molecule has 0 saturated carbocycles. The Bertz CT molecular complexity index is 166. The number of carbonyl (C=O) groups is 1. The minimum Gasteiger partial charge on any atom is -0.376 e. The van der Waals surface area contributed by atoms with E-state index >= 15 is 0 Å². The molecule has 1 rings (SSSR count). The Morgan fingerprint density at radius 3 is 3.08 bits per heavy atom. The average molecular weight is 172 g/mol. The first kappa shape index (κ1) is 9.38. The van der Waals surface area contributed by atoms with Crippen LogP contribution in [0.3, 0.4) is 0 Å². The van der Waals surface area contributed by atoms with Gasteiger partial charge >= 0.3 is 0 Å². The van der Waals surface area contributed by atoms with Crippen molar-refractivity contribution in [2.45, 2.75) is 12.2 Å². The van der Waals surface area contributed by atoms with E-state index in [1.807, 2.05) is 0 Å². The normalized spacial score (nSPS) is 30.8. The van der Waals surface area contributed by atoms with Gasteiger partial charge in [0.1, 0.15) is 25.3 Å². The van der Waals surface area contributed by atoms with Crippen LogP contribution in [0.4, 0.5) is 0 Å². The largest absolute Gasteiger partial charge is 0.376 e. The van der Waals surface area contributed by atoms with E-state index in [9.17, 15) is 4.79 Å². The summed E-state index contributed by atoms with van der Waals surface area (Å²) in [4.78, 5) is 10.0. The fraction of sp³-hybridized carbons (Fsp3) is 0.625. The highest BCUT2D eigenvalue weighted by Crippen LogP contribution is 2.10. The molecule has 0 spiro atoms. The number of rotatable bonds is 3. The van der Waals surface area contributed by atoms with Gasteiger partial charge in [-0.3, -0.25) is 4.79 Å². The molecule has 0 aliphatic carbocycles. The van der Waals surface area contributed by atoms with Crippen molar-refractivity contribution in [3.05, 3.63) is 12.2 Å². The van der Waals surface area contributed by atoms with Gasteiger partial charge in [0.2, 0.25) is 0 Å². The lowest BCUT2D eigenvalue weighted by atomic mass is 10.2.